The number of amides is 1. The summed E-state index contributed by atoms with van der Waals surface area (Å²) < 4.78 is 0. The summed E-state index contributed by atoms with van der Waals surface area (Å²) in [6, 6.07) is 16.9. The normalized spacial score (nSPS) is 22.6. The zero-order valence-electron chi connectivity index (χ0n) is 19.0. The van der Waals surface area contributed by atoms with Crippen molar-refractivity contribution in [3.8, 4) is 0 Å². The van der Waals surface area contributed by atoms with Gasteiger partial charge in [0.05, 0.1) is 11.6 Å². The quantitative estimate of drug-likeness (QED) is 0.752. The van der Waals surface area contributed by atoms with Crippen molar-refractivity contribution in [1.29, 1.82) is 0 Å². The molecule has 31 heavy (non-hydrogen) atoms. The van der Waals surface area contributed by atoms with E-state index in [2.05, 4.69) is 70.7 Å². The van der Waals surface area contributed by atoms with Crippen molar-refractivity contribution < 1.29 is 9.90 Å². The summed E-state index contributed by atoms with van der Waals surface area (Å²) >= 11 is 0. The van der Waals surface area contributed by atoms with Gasteiger partial charge in [-0.1, -0.05) is 42.5 Å². The third kappa shape index (κ3) is 5.46. The minimum atomic E-state index is -0.717. The van der Waals surface area contributed by atoms with Crippen molar-refractivity contribution in [3.63, 3.8) is 0 Å². The lowest BCUT2D eigenvalue weighted by Gasteiger charge is -2.35. The molecule has 1 amide bonds. The Labute approximate surface area is 186 Å². The molecule has 2 fully saturated rings. The van der Waals surface area contributed by atoms with Crippen molar-refractivity contribution in [2.75, 3.05) is 38.1 Å². The molecule has 2 aliphatic heterocycles. The van der Waals surface area contributed by atoms with Crippen LogP contribution in [-0.4, -0.2) is 54.7 Å². The van der Waals surface area contributed by atoms with E-state index < -0.39 is 5.60 Å². The first-order chi connectivity index (χ1) is 14.8. The molecule has 0 aliphatic carbocycles. The van der Waals surface area contributed by atoms with Gasteiger partial charge in [-0.2, -0.15) is 0 Å². The van der Waals surface area contributed by atoms with Crippen molar-refractivity contribution in [3.05, 3.63) is 65.2 Å². The molecule has 5 nitrogen and oxygen atoms in total. The van der Waals surface area contributed by atoms with Gasteiger partial charge < -0.3 is 20.2 Å². The molecule has 2 N–H and O–H groups in total. The lowest BCUT2D eigenvalue weighted by Crippen LogP contribution is -2.44. The second kappa shape index (κ2) is 9.01. The molecule has 166 valence electrons. The molecule has 2 saturated heterocycles. The first-order valence-electron chi connectivity index (χ1n) is 11.4. The molecule has 0 saturated carbocycles. The number of hydrogen-bond acceptors (Lipinski definition) is 4. The minimum Gasteiger partial charge on any atom is -0.390 e. The van der Waals surface area contributed by atoms with E-state index in [0.29, 0.717) is 6.42 Å². The van der Waals surface area contributed by atoms with Gasteiger partial charge in [-0.05, 0) is 56.5 Å². The predicted octanol–water partition coefficient (Wildman–Crippen LogP) is 3.17. The number of aliphatic hydroxyl groups is 1. The molecule has 2 heterocycles. The van der Waals surface area contributed by atoms with Crippen LogP contribution in [0.3, 0.4) is 0 Å². The Morgan fingerprint density at radius 2 is 1.71 bits per heavy atom. The summed E-state index contributed by atoms with van der Waals surface area (Å²) in [6.07, 6.45) is 2.22. The van der Waals surface area contributed by atoms with E-state index >= 15 is 0 Å². The van der Waals surface area contributed by atoms with E-state index in [9.17, 15) is 9.90 Å². The molecule has 0 spiro atoms. The molecular weight excluding hydrogens is 386 g/mol. The highest BCUT2D eigenvalue weighted by atomic mass is 16.3. The molecule has 2 aromatic carbocycles. The van der Waals surface area contributed by atoms with Crippen LogP contribution in [0.5, 0.6) is 0 Å². The van der Waals surface area contributed by atoms with Crippen LogP contribution in [0.25, 0.3) is 0 Å². The van der Waals surface area contributed by atoms with Gasteiger partial charge in [-0.3, -0.25) is 4.79 Å². The summed E-state index contributed by atoms with van der Waals surface area (Å²) in [4.78, 5) is 17.6. The van der Waals surface area contributed by atoms with Crippen LogP contribution in [0, 0.1) is 5.92 Å². The summed E-state index contributed by atoms with van der Waals surface area (Å²) in [5.74, 6) is 0.147. The number of hydrogen-bond donors (Lipinski definition) is 2. The number of para-hydroxylation sites is 1. The fourth-order valence-electron chi connectivity index (χ4n) is 4.81. The van der Waals surface area contributed by atoms with E-state index in [1.54, 1.807) is 0 Å². The number of benzene rings is 2. The van der Waals surface area contributed by atoms with Crippen LogP contribution < -0.4 is 10.2 Å². The molecule has 0 radical (unpaired) electrons. The average molecular weight is 422 g/mol. The maximum atomic E-state index is 12.8. The number of carbonyl (C=O) groups excluding carboxylic acids is 1. The highest BCUT2D eigenvalue weighted by Crippen LogP contribution is 2.33. The van der Waals surface area contributed by atoms with Crippen molar-refractivity contribution >= 4 is 11.6 Å². The number of piperazine rings is 1. The van der Waals surface area contributed by atoms with Crippen LogP contribution in [0.1, 0.15) is 43.0 Å². The molecule has 2 atom stereocenters. The van der Waals surface area contributed by atoms with E-state index in [1.807, 2.05) is 13.8 Å². The smallest absolute Gasteiger partial charge is 0.224 e. The first-order valence-corrected chi connectivity index (χ1v) is 11.4. The van der Waals surface area contributed by atoms with Crippen LogP contribution in [0.4, 0.5) is 5.69 Å². The van der Waals surface area contributed by atoms with E-state index in [0.717, 1.165) is 50.1 Å². The molecule has 5 heteroatoms. The topological polar surface area (TPSA) is 55.8 Å². The van der Waals surface area contributed by atoms with Crippen LogP contribution in [0.15, 0.2) is 48.5 Å². The number of rotatable bonds is 6. The Morgan fingerprint density at radius 1 is 1.03 bits per heavy atom. The van der Waals surface area contributed by atoms with E-state index in [-0.39, 0.29) is 17.9 Å². The predicted molar refractivity (Wildman–Crippen MR) is 125 cm³/mol. The molecule has 0 aromatic heterocycles. The summed E-state index contributed by atoms with van der Waals surface area (Å²) in [5, 5.41) is 13.2. The molecule has 2 aromatic rings. The summed E-state index contributed by atoms with van der Waals surface area (Å²) in [7, 11) is 2.17. The van der Waals surface area contributed by atoms with Gasteiger partial charge in [-0.15, -0.1) is 0 Å². The minimum absolute atomic E-state index is 0.00494. The third-order valence-electron chi connectivity index (χ3n) is 6.53. The van der Waals surface area contributed by atoms with Gasteiger partial charge in [0.1, 0.15) is 0 Å². The number of nitrogens with zero attached hydrogens (tertiary/aromatic N) is 2. The highest BCUT2D eigenvalue weighted by Gasteiger charge is 2.33. The van der Waals surface area contributed by atoms with Crippen molar-refractivity contribution in [2.45, 2.75) is 44.8 Å². The number of carbonyl (C=O) groups is 1. The largest absolute Gasteiger partial charge is 0.390 e. The Kier molecular flexibility index (Phi) is 6.35. The Morgan fingerprint density at radius 3 is 2.39 bits per heavy atom. The fourth-order valence-corrected chi connectivity index (χ4v) is 4.81. The highest BCUT2D eigenvalue weighted by molar-refractivity contribution is 5.82. The van der Waals surface area contributed by atoms with Gasteiger partial charge >= 0.3 is 0 Å². The van der Waals surface area contributed by atoms with Crippen LogP contribution >= 0.6 is 0 Å². The zero-order valence-corrected chi connectivity index (χ0v) is 19.0. The molecule has 2 unspecified atom stereocenters. The zero-order chi connectivity index (χ0) is 22.0. The second-order valence-corrected chi connectivity index (χ2v) is 9.85. The lowest BCUT2D eigenvalue weighted by atomic mass is 9.92. The molecular formula is C26H35N3O2. The molecule has 4 rings (SSSR count). The number of nitrogens with one attached hydrogen (secondary N) is 1. The maximum absolute atomic E-state index is 12.8. The van der Waals surface area contributed by atoms with Gasteiger partial charge in [0.25, 0.3) is 0 Å². The van der Waals surface area contributed by atoms with Gasteiger partial charge in [0.15, 0.2) is 0 Å². The molecule has 2 aliphatic rings. The van der Waals surface area contributed by atoms with Gasteiger partial charge in [0, 0.05) is 44.2 Å². The van der Waals surface area contributed by atoms with Gasteiger partial charge in [0.2, 0.25) is 5.91 Å². The first kappa shape index (κ1) is 21.8. The Balaban J connectivity index is 1.43. The third-order valence-corrected chi connectivity index (χ3v) is 6.53. The standard InChI is InChI=1S/C26H35N3O2/c1-26(2,31)18-19-8-10-20(11-9-19)23-17-22(25(30)27-23)16-21-6-4-5-7-24(21)29-14-12-28(3)13-15-29/h4-11,22-23,31H,12-18H2,1-3H3,(H,27,30). The fraction of sp³-hybridized carbons (Fsp3) is 0.500. The Hall–Kier alpha value is -2.37. The Bertz CT molecular complexity index is 896. The summed E-state index contributed by atoms with van der Waals surface area (Å²) in [5.41, 5.74) is 4.09. The number of likely N-dealkylation sites (N-methyl/N-ethyl adjacent to an activating group) is 1. The monoisotopic (exact) mass is 421 g/mol. The lowest BCUT2D eigenvalue weighted by molar-refractivity contribution is -0.122. The van der Waals surface area contributed by atoms with Crippen LogP contribution in [0.2, 0.25) is 0 Å². The molecule has 0 bridgehead atoms. The van der Waals surface area contributed by atoms with E-state index in [1.165, 1.54) is 11.3 Å². The van der Waals surface area contributed by atoms with Crippen molar-refractivity contribution in [2.24, 2.45) is 5.92 Å². The second-order valence-electron chi connectivity index (χ2n) is 9.85. The van der Waals surface area contributed by atoms with Gasteiger partial charge in [-0.25, -0.2) is 0 Å². The maximum Gasteiger partial charge on any atom is 0.224 e. The average Bonchev–Trinajstić information content (AvgIpc) is 3.09. The number of anilines is 1. The summed E-state index contributed by atoms with van der Waals surface area (Å²) in [6.45, 7) is 7.85. The van der Waals surface area contributed by atoms with Crippen molar-refractivity contribution in [1.82, 2.24) is 10.2 Å². The van der Waals surface area contributed by atoms with E-state index in [4.69, 9.17) is 0 Å². The van der Waals surface area contributed by atoms with Crippen LogP contribution in [-0.2, 0) is 17.6 Å². The SMILES string of the molecule is CN1CCN(c2ccccc2CC2CC(c3ccc(CC(C)(C)O)cc3)NC2=O)CC1.